The molecule has 0 fully saturated rings. The number of aromatic nitrogens is 1. The molecule has 3 rings (SSSR count). The Balaban J connectivity index is 2.07. The summed E-state index contributed by atoms with van der Waals surface area (Å²) in [4.78, 5) is 11.0. The summed E-state index contributed by atoms with van der Waals surface area (Å²) in [5, 5.41) is 0.738. The van der Waals surface area contributed by atoms with Gasteiger partial charge in [-0.3, -0.25) is 4.79 Å². The fraction of sp³-hybridized carbons (Fsp3) is 0.118. The Morgan fingerprint density at radius 2 is 1.77 bits per heavy atom. The number of hydrogen-bond donors (Lipinski definition) is 0. The molecule has 0 spiro atoms. The molecular weight excluding hydrogens is 291 g/mol. The molecule has 0 unspecified atom stereocenters. The summed E-state index contributed by atoms with van der Waals surface area (Å²) in [6.45, 7) is 0.0987. The summed E-state index contributed by atoms with van der Waals surface area (Å²) in [5.41, 5.74) is 0.828. The molecule has 0 atom stereocenters. The fourth-order valence-electron chi connectivity index (χ4n) is 2.61. The highest BCUT2D eigenvalue weighted by molar-refractivity contribution is 5.97. The smallest absolute Gasteiger partial charge is 0.343 e. The van der Waals surface area contributed by atoms with Gasteiger partial charge >= 0.3 is 6.18 Å². The molecule has 0 saturated heterocycles. The third-order valence-corrected chi connectivity index (χ3v) is 3.64. The maximum absolute atomic E-state index is 13.1. The minimum atomic E-state index is -4.38. The summed E-state index contributed by atoms with van der Waals surface area (Å²) in [7, 11) is 0. The van der Waals surface area contributed by atoms with Crippen molar-refractivity contribution in [2.75, 3.05) is 0 Å². The largest absolute Gasteiger partial charge is 0.416 e. The fourth-order valence-corrected chi connectivity index (χ4v) is 2.61. The maximum Gasteiger partial charge on any atom is 0.416 e. The van der Waals surface area contributed by atoms with Gasteiger partial charge in [0, 0.05) is 29.2 Å². The van der Waals surface area contributed by atoms with E-state index in [-0.39, 0.29) is 12.1 Å². The molecule has 0 N–H and O–H groups in total. The predicted molar refractivity (Wildman–Crippen MR) is 77.9 cm³/mol. The third kappa shape index (κ3) is 2.50. The Morgan fingerprint density at radius 3 is 2.50 bits per heavy atom. The zero-order valence-electron chi connectivity index (χ0n) is 11.5. The molecule has 1 aromatic heterocycles. The first-order valence-corrected chi connectivity index (χ1v) is 6.69. The van der Waals surface area contributed by atoms with Crippen molar-refractivity contribution in [1.82, 2.24) is 4.57 Å². The lowest BCUT2D eigenvalue weighted by Crippen LogP contribution is -2.11. The highest BCUT2D eigenvalue weighted by Gasteiger charge is 2.32. The van der Waals surface area contributed by atoms with Crippen LogP contribution in [0.4, 0.5) is 13.2 Å². The van der Waals surface area contributed by atoms with Crippen LogP contribution in [0.15, 0.2) is 54.7 Å². The molecule has 112 valence electrons. The Kier molecular flexibility index (Phi) is 3.48. The Morgan fingerprint density at radius 1 is 1.00 bits per heavy atom. The van der Waals surface area contributed by atoms with E-state index in [1.165, 1.54) is 12.1 Å². The summed E-state index contributed by atoms with van der Waals surface area (Å²) in [5.74, 6) is 0. The number of benzene rings is 2. The van der Waals surface area contributed by atoms with E-state index >= 15 is 0 Å². The zero-order chi connectivity index (χ0) is 15.7. The van der Waals surface area contributed by atoms with Gasteiger partial charge < -0.3 is 4.57 Å². The van der Waals surface area contributed by atoms with Crippen LogP contribution >= 0.6 is 0 Å². The maximum atomic E-state index is 13.1. The van der Waals surface area contributed by atoms with Crippen LogP contribution in [-0.4, -0.2) is 10.9 Å². The van der Waals surface area contributed by atoms with Crippen LogP contribution < -0.4 is 0 Å². The standard InChI is InChI=1S/C17H12F3NO/c18-17(19,20)15-6-2-1-4-12(15)10-21-9-8-14-13(11-22)5-3-7-16(14)21/h1-9,11H,10H2. The van der Waals surface area contributed by atoms with E-state index < -0.39 is 11.7 Å². The van der Waals surface area contributed by atoms with Gasteiger partial charge in [0.25, 0.3) is 0 Å². The van der Waals surface area contributed by atoms with Crippen LogP contribution in [0.1, 0.15) is 21.5 Å². The lowest BCUT2D eigenvalue weighted by molar-refractivity contribution is -0.138. The number of hydrogen-bond acceptors (Lipinski definition) is 1. The first-order chi connectivity index (χ1) is 10.5. The van der Waals surface area contributed by atoms with Crippen LogP contribution in [0, 0.1) is 0 Å². The van der Waals surface area contributed by atoms with Crippen molar-refractivity contribution >= 4 is 17.2 Å². The first-order valence-electron chi connectivity index (χ1n) is 6.69. The normalized spacial score (nSPS) is 11.8. The van der Waals surface area contributed by atoms with E-state index in [9.17, 15) is 18.0 Å². The van der Waals surface area contributed by atoms with Gasteiger partial charge in [-0.1, -0.05) is 30.3 Å². The van der Waals surface area contributed by atoms with Crippen molar-refractivity contribution in [1.29, 1.82) is 0 Å². The number of nitrogens with zero attached hydrogens (tertiary/aromatic N) is 1. The number of fused-ring (bicyclic) bond motifs is 1. The molecule has 0 aliphatic heterocycles. The van der Waals surface area contributed by atoms with Gasteiger partial charge in [-0.15, -0.1) is 0 Å². The summed E-state index contributed by atoms with van der Waals surface area (Å²) in [6, 6.07) is 12.5. The number of carbonyl (C=O) groups is 1. The molecule has 0 saturated carbocycles. The monoisotopic (exact) mass is 303 g/mol. The quantitative estimate of drug-likeness (QED) is 0.652. The molecule has 1 heterocycles. The van der Waals surface area contributed by atoms with Crippen LogP contribution in [0.2, 0.25) is 0 Å². The topological polar surface area (TPSA) is 22.0 Å². The first kappa shape index (κ1) is 14.4. The second kappa shape index (κ2) is 5.33. The van der Waals surface area contributed by atoms with Gasteiger partial charge in [0.2, 0.25) is 0 Å². The molecule has 2 aromatic carbocycles. The molecule has 3 aromatic rings. The van der Waals surface area contributed by atoms with E-state index in [1.807, 2.05) is 0 Å². The van der Waals surface area contributed by atoms with E-state index in [0.717, 1.165) is 23.3 Å². The van der Waals surface area contributed by atoms with E-state index in [1.54, 1.807) is 41.1 Å². The molecule has 22 heavy (non-hydrogen) atoms. The summed E-state index contributed by atoms with van der Waals surface area (Å²) < 4.78 is 40.9. The van der Waals surface area contributed by atoms with E-state index in [2.05, 4.69) is 0 Å². The van der Waals surface area contributed by atoms with Gasteiger partial charge in [0.15, 0.2) is 6.29 Å². The van der Waals surface area contributed by atoms with Crippen molar-refractivity contribution in [3.63, 3.8) is 0 Å². The third-order valence-electron chi connectivity index (χ3n) is 3.64. The minimum absolute atomic E-state index is 0.0987. The average molecular weight is 303 g/mol. The molecule has 0 aliphatic carbocycles. The highest BCUT2D eigenvalue weighted by atomic mass is 19.4. The van der Waals surface area contributed by atoms with Gasteiger partial charge in [-0.05, 0) is 23.8 Å². The molecule has 0 aliphatic rings. The lowest BCUT2D eigenvalue weighted by atomic mass is 10.1. The Labute approximate surface area is 124 Å². The number of aldehydes is 1. The predicted octanol–water partition coefficient (Wildman–Crippen LogP) is 4.52. The number of alkyl halides is 3. The molecule has 0 radical (unpaired) electrons. The molecular formula is C17H12F3NO. The Bertz CT molecular complexity index is 833. The Hall–Kier alpha value is -2.56. The van der Waals surface area contributed by atoms with Crippen molar-refractivity contribution < 1.29 is 18.0 Å². The summed E-state index contributed by atoms with van der Waals surface area (Å²) >= 11 is 0. The van der Waals surface area contributed by atoms with Gasteiger partial charge in [0.05, 0.1) is 5.56 Å². The second-order valence-corrected chi connectivity index (χ2v) is 5.00. The summed E-state index contributed by atoms with van der Waals surface area (Å²) in [6.07, 6.45) is -1.94. The molecule has 5 heteroatoms. The highest BCUT2D eigenvalue weighted by Crippen LogP contribution is 2.32. The van der Waals surface area contributed by atoms with Gasteiger partial charge in [-0.25, -0.2) is 0 Å². The number of rotatable bonds is 3. The SMILES string of the molecule is O=Cc1cccc2c1ccn2Cc1ccccc1C(F)(F)F. The van der Waals surface area contributed by atoms with Gasteiger partial charge in [0.1, 0.15) is 0 Å². The van der Waals surface area contributed by atoms with Crippen LogP contribution in [0.3, 0.4) is 0 Å². The van der Waals surface area contributed by atoms with Crippen LogP contribution in [0.5, 0.6) is 0 Å². The van der Waals surface area contributed by atoms with Crippen molar-refractivity contribution in [2.24, 2.45) is 0 Å². The van der Waals surface area contributed by atoms with Crippen molar-refractivity contribution in [3.05, 3.63) is 71.4 Å². The second-order valence-electron chi connectivity index (χ2n) is 5.00. The molecule has 0 amide bonds. The average Bonchev–Trinajstić information content (AvgIpc) is 2.90. The number of carbonyl (C=O) groups excluding carboxylic acids is 1. The zero-order valence-corrected chi connectivity index (χ0v) is 11.5. The van der Waals surface area contributed by atoms with E-state index in [0.29, 0.717) is 5.56 Å². The minimum Gasteiger partial charge on any atom is -0.343 e. The number of halogens is 3. The lowest BCUT2D eigenvalue weighted by Gasteiger charge is -2.14. The van der Waals surface area contributed by atoms with Crippen LogP contribution in [-0.2, 0) is 12.7 Å². The van der Waals surface area contributed by atoms with Crippen molar-refractivity contribution in [2.45, 2.75) is 12.7 Å². The molecule has 0 bridgehead atoms. The van der Waals surface area contributed by atoms with Gasteiger partial charge in [-0.2, -0.15) is 13.2 Å². The van der Waals surface area contributed by atoms with Crippen LogP contribution in [0.25, 0.3) is 10.9 Å². The van der Waals surface area contributed by atoms with Crippen molar-refractivity contribution in [3.8, 4) is 0 Å². The van der Waals surface area contributed by atoms with E-state index in [4.69, 9.17) is 0 Å². The molecule has 2 nitrogen and oxygen atoms in total.